The highest BCUT2D eigenvalue weighted by Crippen LogP contribution is 2.25. The molecule has 0 bridgehead atoms. The number of hydrogen-bond acceptors (Lipinski definition) is 6. The van der Waals surface area contributed by atoms with Crippen LogP contribution in [0.5, 0.6) is 0 Å². The van der Waals surface area contributed by atoms with Crippen molar-refractivity contribution >= 4 is 58.5 Å². The maximum absolute atomic E-state index is 12.4. The van der Waals surface area contributed by atoms with Gasteiger partial charge in [-0.25, -0.2) is 9.78 Å². The fourth-order valence-corrected chi connectivity index (χ4v) is 3.91. The van der Waals surface area contributed by atoms with E-state index in [9.17, 15) is 9.59 Å². The number of amides is 1. The van der Waals surface area contributed by atoms with Gasteiger partial charge in [-0.3, -0.25) is 4.79 Å². The van der Waals surface area contributed by atoms with Crippen LogP contribution >= 0.6 is 24.2 Å². The summed E-state index contributed by atoms with van der Waals surface area (Å²) in [5.41, 5.74) is 3.94. The van der Waals surface area contributed by atoms with Crippen LogP contribution in [-0.4, -0.2) is 47.9 Å². The molecule has 0 radical (unpaired) electrons. The third kappa shape index (κ3) is 5.92. The van der Waals surface area contributed by atoms with Crippen molar-refractivity contribution in [2.75, 3.05) is 36.7 Å². The number of anilines is 2. The summed E-state index contributed by atoms with van der Waals surface area (Å²) in [4.78, 5) is 31.0. The first-order valence-electron chi connectivity index (χ1n) is 9.80. The fourth-order valence-electron chi connectivity index (χ4n) is 3.03. The van der Waals surface area contributed by atoms with Crippen molar-refractivity contribution in [3.05, 3.63) is 48.0 Å². The minimum atomic E-state index is -0.362. The lowest BCUT2D eigenvalue weighted by Crippen LogP contribution is -2.15. The van der Waals surface area contributed by atoms with Crippen molar-refractivity contribution in [3.8, 4) is 0 Å². The van der Waals surface area contributed by atoms with Crippen LogP contribution in [0.1, 0.15) is 24.2 Å². The Morgan fingerprint density at radius 1 is 1.13 bits per heavy atom. The van der Waals surface area contributed by atoms with Crippen molar-refractivity contribution < 1.29 is 14.3 Å². The van der Waals surface area contributed by atoms with Gasteiger partial charge in [0.15, 0.2) is 5.16 Å². The van der Waals surface area contributed by atoms with E-state index in [0.29, 0.717) is 24.2 Å². The summed E-state index contributed by atoms with van der Waals surface area (Å²) in [7, 11) is 3.94. The second-order valence-electron chi connectivity index (χ2n) is 6.84. The molecule has 2 aromatic carbocycles. The van der Waals surface area contributed by atoms with Crippen LogP contribution in [0.4, 0.5) is 11.4 Å². The lowest BCUT2D eigenvalue weighted by molar-refractivity contribution is -0.113. The standard InChI is InChI=1S/C22H26N4O3S.ClH/c1-5-26-19-12-7-15(21(28)29-6-2)13-18(19)24-22(26)30-14-20(27)23-16-8-10-17(11-9-16)25(3)4;/h7-13H,5-6,14H2,1-4H3,(H,23,27);1H. The first-order valence-corrected chi connectivity index (χ1v) is 10.8. The summed E-state index contributed by atoms with van der Waals surface area (Å²) < 4.78 is 7.10. The van der Waals surface area contributed by atoms with Gasteiger partial charge in [0, 0.05) is 32.0 Å². The summed E-state index contributed by atoms with van der Waals surface area (Å²) in [6.45, 7) is 4.84. The Bertz CT molecular complexity index is 1050. The number of ether oxygens (including phenoxy) is 1. The van der Waals surface area contributed by atoms with Gasteiger partial charge in [0.25, 0.3) is 0 Å². The van der Waals surface area contributed by atoms with Crippen LogP contribution in [-0.2, 0) is 16.1 Å². The highest BCUT2D eigenvalue weighted by Gasteiger charge is 2.15. The molecule has 0 aliphatic heterocycles. The summed E-state index contributed by atoms with van der Waals surface area (Å²) in [5, 5.41) is 3.65. The molecule has 0 aliphatic carbocycles. The van der Waals surface area contributed by atoms with Gasteiger partial charge in [-0.1, -0.05) is 11.8 Å². The quantitative estimate of drug-likeness (QED) is 0.393. The second-order valence-corrected chi connectivity index (χ2v) is 7.78. The zero-order valence-electron chi connectivity index (χ0n) is 18.0. The summed E-state index contributed by atoms with van der Waals surface area (Å²) in [5.74, 6) is -0.220. The number of nitrogens with one attached hydrogen (secondary N) is 1. The van der Waals surface area contributed by atoms with Crippen molar-refractivity contribution in [2.24, 2.45) is 0 Å². The van der Waals surface area contributed by atoms with Gasteiger partial charge < -0.3 is 19.5 Å². The number of esters is 1. The number of hydrogen-bond donors (Lipinski definition) is 1. The molecular formula is C22H27ClN4O3S. The molecule has 0 spiro atoms. The predicted molar refractivity (Wildman–Crippen MR) is 129 cm³/mol. The zero-order chi connectivity index (χ0) is 21.7. The molecule has 0 unspecified atom stereocenters. The van der Waals surface area contributed by atoms with E-state index in [4.69, 9.17) is 4.74 Å². The largest absolute Gasteiger partial charge is 0.462 e. The van der Waals surface area contributed by atoms with E-state index < -0.39 is 0 Å². The molecule has 0 atom stereocenters. The number of aryl methyl sites for hydroxylation is 1. The maximum Gasteiger partial charge on any atom is 0.338 e. The van der Waals surface area contributed by atoms with Crippen molar-refractivity contribution in [1.82, 2.24) is 9.55 Å². The maximum atomic E-state index is 12.4. The Hall–Kier alpha value is -2.71. The molecule has 9 heteroatoms. The lowest BCUT2D eigenvalue weighted by atomic mass is 10.2. The smallest absolute Gasteiger partial charge is 0.338 e. The van der Waals surface area contributed by atoms with Gasteiger partial charge in [-0.05, 0) is 56.3 Å². The van der Waals surface area contributed by atoms with Gasteiger partial charge >= 0.3 is 5.97 Å². The monoisotopic (exact) mass is 462 g/mol. The molecule has 0 fully saturated rings. The molecule has 0 aliphatic rings. The molecule has 1 amide bonds. The molecule has 7 nitrogen and oxygen atoms in total. The van der Waals surface area contributed by atoms with E-state index in [0.717, 1.165) is 22.0 Å². The zero-order valence-corrected chi connectivity index (χ0v) is 19.7. The number of fused-ring (bicyclic) bond motifs is 1. The van der Waals surface area contributed by atoms with Gasteiger partial charge in [0.1, 0.15) is 0 Å². The topological polar surface area (TPSA) is 76.5 Å². The van der Waals surface area contributed by atoms with E-state index in [1.807, 2.05) is 60.8 Å². The second kappa shape index (κ2) is 11.1. The summed E-state index contributed by atoms with van der Waals surface area (Å²) in [6.07, 6.45) is 0. The van der Waals surface area contributed by atoms with Crippen LogP contribution in [0, 0.1) is 0 Å². The summed E-state index contributed by atoms with van der Waals surface area (Å²) in [6, 6.07) is 13.0. The average Bonchev–Trinajstić information content (AvgIpc) is 3.09. The SMILES string of the molecule is CCOC(=O)c1ccc2c(c1)nc(SCC(=O)Nc1ccc(N(C)C)cc1)n2CC.Cl. The number of imidazole rings is 1. The number of thioether (sulfide) groups is 1. The van der Waals surface area contributed by atoms with Gasteiger partial charge in [0.05, 0.1) is 29.0 Å². The van der Waals surface area contributed by atoms with E-state index >= 15 is 0 Å². The normalized spacial score (nSPS) is 10.5. The Morgan fingerprint density at radius 2 is 1.84 bits per heavy atom. The van der Waals surface area contributed by atoms with Crippen LogP contribution in [0.15, 0.2) is 47.6 Å². The molecule has 1 N–H and O–H groups in total. The third-order valence-corrected chi connectivity index (χ3v) is 5.52. The molecule has 0 saturated heterocycles. The van der Waals surface area contributed by atoms with Crippen molar-refractivity contribution in [2.45, 2.75) is 25.5 Å². The average molecular weight is 463 g/mol. The number of aromatic nitrogens is 2. The van der Waals surface area contributed by atoms with E-state index in [2.05, 4.69) is 10.3 Å². The highest BCUT2D eigenvalue weighted by atomic mass is 35.5. The number of carbonyl (C=O) groups excluding carboxylic acids is 2. The molecule has 3 rings (SSSR count). The van der Waals surface area contributed by atoms with Gasteiger partial charge in [-0.2, -0.15) is 0 Å². The first-order chi connectivity index (χ1) is 14.4. The molecule has 3 aromatic rings. The minimum Gasteiger partial charge on any atom is -0.462 e. The van der Waals surface area contributed by atoms with Gasteiger partial charge in [-0.15, -0.1) is 12.4 Å². The third-order valence-electron chi connectivity index (χ3n) is 4.54. The van der Waals surface area contributed by atoms with Crippen molar-refractivity contribution in [1.29, 1.82) is 0 Å². The molecule has 0 saturated carbocycles. The minimum absolute atomic E-state index is 0. The Balaban J connectivity index is 0.00000341. The lowest BCUT2D eigenvalue weighted by Gasteiger charge is -2.13. The molecule has 31 heavy (non-hydrogen) atoms. The molecule has 1 aromatic heterocycles. The first kappa shape index (κ1) is 24.6. The Labute approximate surface area is 192 Å². The number of nitrogens with zero attached hydrogens (tertiary/aromatic N) is 3. The van der Waals surface area contributed by atoms with Crippen LogP contribution < -0.4 is 10.2 Å². The molecular weight excluding hydrogens is 436 g/mol. The van der Waals surface area contributed by atoms with E-state index in [-0.39, 0.29) is 30.0 Å². The summed E-state index contributed by atoms with van der Waals surface area (Å²) >= 11 is 1.37. The van der Waals surface area contributed by atoms with Crippen LogP contribution in [0.25, 0.3) is 11.0 Å². The predicted octanol–water partition coefficient (Wildman–Crippen LogP) is 4.45. The van der Waals surface area contributed by atoms with E-state index in [1.54, 1.807) is 19.1 Å². The van der Waals surface area contributed by atoms with Gasteiger partial charge in [0.2, 0.25) is 5.91 Å². The molecule has 166 valence electrons. The number of rotatable bonds is 8. The van der Waals surface area contributed by atoms with E-state index in [1.165, 1.54) is 11.8 Å². The van der Waals surface area contributed by atoms with Crippen LogP contribution in [0.3, 0.4) is 0 Å². The van der Waals surface area contributed by atoms with Crippen molar-refractivity contribution in [3.63, 3.8) is 0 Å². The molecule has 1 heterocycles. The Kier molecular flexibility index (Phi) is 8.76. The highest BCUT2D eigenvalue weighted by molar-refractivity contribution is 7.99. The number of carbonyl (C=O) groups is 2. The van der Waals surface area contributed by atoms with Crippen LogP contribution in [0.2, 0.25) is 0 Å². The fraction of sp³-hybridized carbons (Fsp3) is 0.318. The Morgan fingerprint density at radius 3 is 2.45 bits per heavy atom. The number of halogens is 1. The number of benzene rings is 2.